The fourth-order valence-corrected chi connectivity index (χ4v) is 4.86. The van der Waals surface area contributed by atoms with Gasteiger partial charge in [0, 0.05) is 6.42 Å². The summed E-state index contributed by atoms with van der Waals surface area (Å²) in [7, 11) is 0. The fourth-order valence-electron chi connectivity index (χ4n) is 4.86. The summed E-state index contributed by atoms with van der Waals surface area (Å²) in [4.78, 5) is 46.4. The standard InChI is InChI=1S/C32H44O6/c1-8-9-10-11-12-13-14-15-16-17-28(35-37-31(33)29-24(4)18-22(2)19-25(29)5)36-38-32(34)30-26(6)20-23(3)21-27(30)7/h18-21H,1,8-17H2,2-7H3. The zero-order chi connectivity index (χ0) is 28.1. The monoisotopic (exact) mass is 524 g/mol. The molecule has 0 saturated carbocycles. The first-order valence-electron chi connectivity index (χ1n) is 13.7. The second kappa shape index (κ2) is 16.3. The Hall–Kier alpha value is -2.70. The van der Waals surface area contributed by atoms with Crippen LogP contribution in [0.25, 0.3) is 0 Å². The maximum atomic E-state index is 12.8. The molecule has 0 N–H and O–H groups in total. The van der Waals surface area contributed by atoms with E-state index in [0.717, 1.165) is 65.5 Å². The van der Waals surface area contributed by atoms with Crippen molar-refractivity contribution in [1.82, 2.24) is 0 Å². The Morgan fingerprint density at radius 1 is 0.553 bits per heavy atom. The molecule has 0 fully saturated rings. The first-order chi connectivity index (χ1) is 18.1. The number of hydrogen-bond acceptors (Lipinski definition) is 6. The maximum Gasteiger partial charge on any atom is 0.373 e. The van der Waals surface area contributed by atoms with Crippen LogP contribution in [0, 0.1) is 54.8 Å². The quantitative estimate of drug-likeness (QED) is 0.124. The molecule has 2 aromatic rings. The van der Waals surface area contributed by atoms with Gasteiger partial charge in [0.1, 0.15) is 0 Å². The van der Waals surface area contributed by atoms with E-state index in [-0.39, 0.29) is 6.29 Å². The van der Waals surface area contributed by atoms with Gasteiger partial charge in [-0.15, -0.1) is 9.78 Å². The van der Waals surface area contributed by atoms with Crippen LogP contribution in [-0.4, -0.2) is 11.9 Å². The van der Waals surface area contributed by atoms with Crippen LogP contribution in [-0.2, 0) is 19.6 Å². The van der Waals surface area contributed by atoms with Gasteiger partial charge < -0.3 is 0 Å². The predicted molar refractivity (Wildman–Crippen MR) is 149 cm³/mol. The lowest BCUT2D eigenvalue weighted by Crippen LogP contribution is -2.18. The first-order valence-corrected chi connectivity index (χ1v) is 13.7. The minimum absolute atomic E-state index is 0.0630. The average molecular weight is 525 g/mol. The van der Waals surface area contributed by atoms with Gasteiger partial charge in [-0.05, 0) is 70.2 Å². The summed E-state index contributed by atoms with van der Waals surface area (Å²) in [5.74, 6) is -1.25. The van der Waals surface area contributed by atoms with E-state index < -0.39 is 11.9 Å². The summed E-state index contributed by atoms with van der Waals surface area (Å²) in [6, 6.07) is 7.66. The Morgan fingerprint density at radius 2 is 0.895 bits per heavy atom. The minimum Gasteiger partial charge on any atom is -0.289 e. The first kappa shape index (κ1) is 31.5. The van der Waals surface area contributed by atoms with E-state index in [1.165, 1.54) is 25.7 Å². The predicted octanol–water partition coefficient (Wildman–Crippen LogP) is 8.64. The lowest BCUT2D eigenvalue weighted by Gasteiger charge is -2.16. The van der Waals surface area contributed by atoms with Gasteiger partial charge in [0.15, 0.2) is 0 Å². The molecule has 6 heteroatoms. The fraction of sp³-hybridized carbons (Fsp3) is 0.500. The van der Waals surface area contributed by atoms with E-state index in [1.807, 2.05) is 65.8 Å². The third-order valence-corrected chi connectivity index (χ3v) is 6.56. The van der Waals surface area contributed by atoms with Crippen LogP contribution in [0.1, 0.15) is 118 Å². The van der Waals surface area contributed by atoms with Gasteiger partial charge in [-0.2, -0.15) is 0 Å². The maximum absolute atomic E-state index is 12.8. The molecule has 6 nitrogen and oxygen atoms in total. The average Bonchev–Trinajstić information content (AvgIpc) is 2.82. The molecule has 38 heavy (non-hydrogen) atoms. The van der Waals surface area contributed by atoms with Crippen molar-refractivity contribution in [3.05, 3.63) is 82.0 Å². The summed E-state index contributed by atoms with van der Waals surface area (Å²) in [5.41, 5.74) is 6.19. The molecule has 0 aliphatic carbocycles. The molecule has 2 aromatic carbocycles. The van der Waals surface area contributed by atoms with Crippen molar-refractivity contribution >= 4 is 11.9 Å². The van der Waals surface area contributed by atoms with Crippen molar-refractivity contribution < 1.29 is 29.1 Å². The molecule has 0 amide bonds. The number of carbonyl (C=O) groups excluding carboxylic acids is 2. The number of rotatable bonds is 16. The van der Waals surface area contributed by atoms with Crippen molar-refractivity contribution in [3.8, 4) is 0 Å². The Morgan fingerprint density at radius 3 is 1.26 bits per heavy atom. The molecule has 208 valence electrons. The molecular weight excluding hydrogens is 480 g/mol. The van der Waals surface area contributed by atoms with E-state index in [4.69, 9.17) is 19.6 Å². The Bertz CT molecular complexity index is 938. The number of unbranched alkanes of at least 4 members (excludes halogenated alkanes) is 8. The highest BCUT2D eigenvalue weighted by molar-refractivity contribution is 5.93. The van der Waals surface area contributed by atoms with Crippen LogP contribution in [0.4, 0.5) is 0 Å². The molecule has 0 heterocycles. The third kappa shape index (κ3) is 10.2. The summed E-state index contributed by atoms with van der Waals surface area (Å²) in [6.45, 7) is 15.2. The number of aryl methyl sites for hydroxylation is 6. The Labute approximate surface area is 228 Å². The molecule has 0 bridgehead atoms. The topological polar surface area (TPSA) is 71.1 Å². The van der Waals surface area contributed by atoms with E-state index in [1.54, 1.807) is 0 Å². The molecule has 0 unspecified atom stereocenters. The second-order valence-electron chi connectivity index (χ2n) is 10.3. The van der Waals surface area contributed by atoms with E-state index >= 15 is 0 Å². The molecule has 0 atom stereocenters. The largest absolute Gasteiger partial charge is 0.373 e. The Balaban J connectivity index is 1.96. The normalized spacial score (nSPS) is 11.2. The van der Waals surface area contributed by atoms with E-state index in [0.29, 0.717) is 17.5 Å². The van der Waals surface area contributed by atoms with Crippen molar-refractivity contribution in [3.63, 3.8) is 0 Å². The molecule has 0 aliphatic rings. The zero-order valence-electron chi connectivity index (χ0n) is 24.0. The number of carbonyl (C=O) groups is 2. The second-order valence-corrected chi connectivity index (χ2v) is 10.3. The van der Waals surface area contributed by atoms with Crippen LogP contribution in [0.2, 0.25) is 0 Å². The van der Waals surface area contributed by atoms with E-state index in [2.05, 4.69) is 6.92 Å². The van der Waals surface area contributed by atoms with Gasteiger partial charge in [-0.3, -0.25) is 9.78 Å². The highest BCUT2D eigenvalue weighted by Crippen LogP contribution is 2.23. The zero-order valence-corrected chi connectivity index (χ0v) is 24.0. The minimum atomic E-state index is -0.625. The Kier molecular flexibility index (Phi) is 13.5. The van der Waals surface area contributed by atoms with Crippen LogP contribution < -0.4 is 0 Å². The van der Waals surface area contributed by atoms with Gasteiger partial charge >= 0.3 is 18.2 Å². The molecule has 0 aromatic heterocycles. The summed E-state index contributed by atoms with van der Waals surface area (Å²) in [5, 5.41) is 0. The molecule has 0 spiro atoms. The van der Waals surface area contributed by atoms with Crippen LogP contribution in [0.5, 0.6) is 0 Å². The molecule has 0 aliphatic heterocycles. The van der Waals surface area contributed by atoms with Crippen molar-refractivity contribution in [2.75, 3.05) is 0 Å². The molecule has 2 rings (SSSR count). The molecule has 0 saturated heterocycles. The highest BCUT2D eigenvalue weighted by Gasteiger charge is 2.24. The lowest BCUT2D eigenvalue weighted by molar-refractivity contribution is -0.364. The van der Waals surface area contributed by atoms with Gasteiger partial charge in [-0.25, -0.2) is 9.59 Å². The number of benzene rings is 2. The highest BCUT2D eigenvalue weighted by atomic mass is 17.3. The van der Waals surface area contributed by atoms with Crippen LogP contribution >= 0.6 is 0 Å². The summed E-state index contributed by atoms with van der Waals surface area (Å²) >= 11 is 0. The van der Waals surface area contributed by atoms with Crippen LogP contribution in [0.15, 0.2) is 24.3 Å². The van der Waals surface area contributed by atoms with Crippen molar-refractivity contribution in [1.29, 1.82) is 0 Å². The van der Waals surface area contributed by atoms with Gasteiger partial charge in [0.2, 0.25) is 0 Å². The van der Waals surface area contributed by atoms with Crippen LogP contribution in [0.3, 0.4) is 0 Å². The third-order valence-electron chi connectivity index (χ3n) is 6.56. The summed E-state index contributed by atoms with van der Waals surface area (Å²) in [6.07, 6.45) is 10.1. The van der Waals surface area contributed by atoms with Crippen molar-refractivity contribution in [2.45, 2.75) is 106 Å². The SMILES string of the molecule is [CH2]CCCCCCCCCC[C](OOC(=O)c1c(C)cc(C)cc1C)OOC(=O)c1c(C)cc(C)cc1C. The summed E-state index contributed by atoms with van der Waals surface area (Å²) < 4.78 is 0. The smallest absolute Gasteiger partial charge is 0.289 e. The number of hydrogen-bond donors (Lipinski definition) is 0. The van der Waals surface area contributed by atoms with Gasteiger partial charge in [0.25, 0.3) is 0 Å². The van der Waals surface area contributed by atoms with Crippen molar-refractivity contribution in [2.24, 2.45) is 0 Å². The van der Waals surface area contributed by atoms with Gasteiger partial charge in [0.05, 0.1) is 11.1 Å². The molecule has 2 radical (unpaired) electrons. The van der Waals surface area contributed by atoms with E-state index in [9.17, 15) is 9.59 Å². The lowest BCUT2D eigenvalue weighted by atomic mass is 10.0. The van der Waals surface area contributed by atoms with Gasteiger partial charge in [-0.1, -0.05) is 93.7 Å². The molecular formula is C32H44O6.